The molecule has 1 aromatic rings. The van der Waals surface area contributed by atoms with Gasteiger partial charge in [-0.05, 0) is 6.42 Å². The van der Waals surface area contributed by atoms with Crippen molar-refractivity contribution in [2.45, 2.75) is 50.9 Å². The number of nitrogens with one attached hydrogen (secondary N) is 1. The SMILES string of the molecule is CCC1CSC(c2cn(C)nc2C(C)(C)C)N1. The first-order valence-electron chi connectivity index (χ1n) is 6.33. The quantitative estimate of drug-likeness (QED) is 0.879. The maximum atomic E-state index is 4.64. The predicted molar refractivity (Wildman–Crippen MR) is 74.3 cm³/mol. The summed E-state index contributed by atoms with van der Waals surface area (Å²) in [5.74, 6) is 1.21. The average Bonchev–Trinajstić information content (AvgIpc) is 2.81. The zero-order valence-electron chi connectivity index (χ0n) is 11.4. The molecule has 1 fully saturated rings. The largest absolute Gasteiger partial charge is 0.298 e. The normalized spacial score (nSPS) is 25.5. The lowest BCUT2D eigenvalue weighted by atomic mass is 9.89. The van der Waals surface area contributed by atoms with Gasteiger partial charge in [0, 0.05) is 36.0 Å². The Morgan fingerprint density at radius 2 is 2.24 bits per heavy atom. The maximum Gasteiger partial charge on any atom is 0.0826 e. The summed E-state index contributed by atoms with van der Waals surface area (Å²) < 4.78 is 1.94. The molecule has 1 aliphatic heterocycles. The first kappa shape index (κ1) is 13.0. The molecule has 2 rings (SSSR count). The standard InChI is InChI=1S/C13H23N3S/c1-6-9-8-17-12(14-9)10-7-16(5)15-11(10)13(2,3)4/h7,9,12,14H,6,8H2,1-5H3. The molecule has 17 heavy (non-hydrogen) atoms. The molecular formula is C13H23N3S. The van der Waals surface area contributed by atoms with Gasteiger partial charge in [-0.25, -0.2) is 0 Å². The summed E-state index contributed by atoms with van der Waals surface area (Å²) in [5.41, 5.74) is 2.70. The minimum Gasteiger partial charge on any atom is -0.298 e. The Labute approximate surface area is 108 Å². The van der Waals surface area contributed by atoms with Gasteiger partial charge in [-0.3, -0.25) is 10.00 Å². The highest BCUT2D eigenvalue weighted by Crippen LogP contribution is 2.38. The first-order valence-corrected chi connectivity index (χ1v) is 7.38. The fourth-order valence-electron chi connectivity index (χ4n) is 2.22. The van der Waals surface area contributed by atoms with E-state index in [2.05, 4.69) is 44.3 Å². The van der Waals surface area contributed by atoms with Crippen molar-refractivity contribution in [1.29, 1.82) is 0 Å². The first-order chi connectivity index (χ1) is 7.91. The van der Waals surface area contributed by atoms with E-state index in [0.717, 1.165) is 0 Å². The summed E-state index contributed by atoms with van der Waals surface area (Å²) >= 11 is 2.01. The van der Waals surface area contributed by atoms with Crippen molar-refractivity contribution in [2.24, 2.45) is 7.05 Å². The molecule has 0 bridgehead atoms. The zero-order valence-corrected chi connectivity index (χ0v) is 12.3. The second-order valence-electron chi connectivity index (χ2n) is 5.84. The van der Waals surface area contributed by atoms with Crippen LogP contribution in [0.5, 0.6) is 0 Å². The monoisotopic (exact) mass is 253 g/mol. The molecule has 3 nitrogen and oxygen atoms in total. The summed E-state index contributed by atoms with van der Waals surface area (Å²) in [6, 6.07) is 0.651. The van der Waals surface area contributed by atoms with Gasteiger partial charge >= 0.3 is 0 Å². The highest BCUT2D eigenvalue weighted by atomic mass is 32.2. The van der Waals surface area contributed by atoms with Gasteiger partial charge in [0.05, 0.1) is 11.1 Å². The number of aromatic nitrogens is 2. The van der Waals surface area contributed by atoms with Crippen LogP contribution in [0.15, 0.2) is 6.20 Å². The van der Waals surface area contributed by atoms with E-state index < -0.39 is 0 Å². The van der Waals surface area contributed by atoms with Gasteiger partial charge in [0.2, 0.25) is 0 Å². The molecule has 0 amide bonds. The molecular weight excluding hydrogens is 230 g/mol. The van der Waals surface area contributed by atoms with E-state index in [0.29, 0.717) is 11.4 Å². The van der Waals surface area contributed by atoms with E-state index in [-0.39, 0.29) is 5.41 Å². The Balaban J connectivity index is 2.27. The molecule has 1 saturated heterocycles. The van der Waals surface area contributed by atoms with Crippen LogP contribution in [0.4, 0.5) is 0 Å². The highest BCUT2D eigenvalue weighted by molar-refractivity contribution is 7.99. The Bertz CT molecular complexity index is 392. The predicted octanol–water partition coefficient (Wildman–Crippen LogP) is 2.83. The maximum absolute atomic E-state index is 4.64. The van der Waals surface area contributed by atoms with Gasteiger partial charge in [-0.15, -0.1) is 11.8 Å². The molecule has 1 aliphatic rings. The summed E-state index contributed by atoms with van der Waals surface area (Å²) in [7, 11) is 2.01. The van der Waals surface area contributed by atoms with Crippen molar-refractivity contribution in [2.75, 3.05) is 5.75 Å². The molecule has 2 heterocycles. The number of thioether (sulfide) groups is 1. The number of nitrogens with zero attached hydrogens (tertiary/aromatic N) is 2. The number of aryl methyl sites for hydroxylation is 1. The van der Waals surface area contributed by atoms with Gasteiger partial charge in [0.1, 0.15) is 0 Å². The Hall–Kier alpha value is -0.480. The molecule has 4 heteroatoms. The van der Waals surface area contributed by atoms with Crippen molar-refractivity contribution >= 4 is 11.8 Å². The van der Waals surface area contributed by atoms with Crippen molar-refractivity contribution in [1.82, 2.24) is 15.1 Å². The van der Waals surface area contributed by atoms with E-state index in [9.17, 15) is 0 Å². The molecule has 0 saturated carbocycles. The minimum atomic E-state index is 0.114. The highest BCUT2D eigenvalue weighted by Gasteiger charge is 2.31. The van der Waals surface area contributed by atoms with Crippen LogP contribution in [0.2, 0.25) is 0 Å². The topological polar surface area (TPSA) is 29.9 Å². The zero-order chi connectivity index (χ0) is 12.6. The van der Waals surface area contributed by atoms with Crippen molar-refractivity contribution in [3.05, 3.63) is 17.5 Å². The van der Waals surface area contributed by atoms with E-state index in [4.69, 9.17) is 0 Å². The summed E-state index contributed by atoms with van der Waals surface area (Å²) in [4.78, 5) is 0. The number of hydrogen-bond acceptors (Lipinski definition) is 3. The fourth-order valence-corrected chi connectivity index (χ4v) is 3.62. The second-order valence-corrected chi connectivity index (χ2v) is 6.98. The van der Waals surface area contributed by atoms with Crippen LogP contribution in [0.3, 0.4) is 0 Å². The molecule has 0 radical (unpaired) electrons. The molecule has 2 unspecified atom stereocenters. The van der Waals surface area contributed by atoms with Gasteiger partial charge in [-0.1, -0.05) is 27.7 Å². The van der Waals surface area contributed by atoms with Crippen LogP contribution < -0.4 is 5.32 Å². The smallest absolute Gasteiger partial charge is 0.0826 e. The molecule has 0 aromatic carbocycles. The van der Waals surface area contributed by atoms with E-state index >= 15 is 0 Å². The summed E-state index contributed by atoms with van der Waals surface area (Å²) in [6.07, 6.45) is 3.37. The third-order valence-corrected chi connectivity index (χ3v) is 4.51. The van der Waals surface area contributed by atoms with Crippen LogP contribution in [0.25, 0.3) is 0 Å². The van der Waals surface area contributed by atoms with Crippen LogP contribution in [0.1, 0.15) is 50.7 Å². The summed E-state index contributed by atoms with van der Waals surface area (Å²) in [6.45, 7) is 8.94. The van der Waals surface area contributed by atoms with Gasteiger partial charge in [0.15, 0.2) is 0 Å². The third kappa shape index (κ3) is 2.68. The van der Waals surface area contributed by atoms with Crippen LogP contribution >= 0.6 is 11.8 Å². The Kier molecular flexibility index (Phi) is 3.55. The van der Waals surface area contributed by atoms with Crippen LogP contribution in [0, 0.1) is 0 Å². The molecule has 1 aromatic heterocycles. The lowest BCUT2D eigenvalue weighted by molar-refractivity contribution is 0.529. The average molecular weight is 253 g/mol. The van der Waals surface area contributed by atoms with E-state index in [1.807, 2.05) is 23.5 Å². The van der Waals surface area contributed by atoms with Gasteiger partial charge in [0.25, 0.3) is 0 Å². The number of rotatable bonds is 2. The summed E-state index contributed by atoms with van der Waals surface area (Å²) in [5, 5.41) is 8.75. The Morgan fingerprint density at radius 3 is 2.76 bits per heavy atom. The number of hydrogen-bond donors (Lipinski definition) is 1. The van der Waals surface area contributed by atoms with Crippen molar-refractivity contribution < 1.29 is 0 Å². The lowest BCUT2D eigenvalue weighted by Gasteiger charge is -2.20. The van der Waals surface area contributed by atoms with Crippen molar-refractivity contribution in [3.8, 4) is 0 Å². The van der Waals surface area contributed by atoms with Crippen molar-refractivity contribution in [3.63, 3.8) is 0 Å². The fraction of sp³-hybridized carbons (Fsp3) is 0.769. The Morgan fingerprint density at radius 1 is 1.53 bits per heavy atom. The minimum absolute atomic E-state index is 0.114. The molecule has 0 aliphatic carbocycles. The lowest BCUT2D eigenvalue weighted by Crippen LogP contribution is -2.26. The van der Waals surface area contributed by atoms with Gasteiger partial charge in [-0.2, -0.15) is 5.10 Å². The molecule has 2 atom stereocenters. The molecule has 0 spiro atoms. The molecule has 1 N–H and O–H groups in total. The van der Waals surface area contributed by atoms with E-state index in [1.165, 1.54) is 23.4 Å². The van der Waals surface area contributed by atoms with Crippen LogP contribution in [-0.2, 0) is 12.5 Å². The van der Waals surface area contributed by atoms with Gasteiger partial charge < -0.3 is 0 Å². The van der Waals surface area contributed by atoms with E-state index in [1.54, 1.807) is 0 Å². The second kappa shape index (κ2) is 4.65. The van der Waals surface area contributed by atoms with Crippen LogP contribution in [-0.4, -0.2) is 21.6 Å². The third-order valence-electron chi connectivity index (χ3n) is 3.19. The molecule has 96 valence electrons.